The average Bonchev–Trinajstić information content (AvgIpc) is 3.07. The largest absolute Gasteiger partial charge is 0.459 e. The van der Waals surface area contributed by atoms with Crippen molar-refractivity contribution in [3.63, 3.8) is 0 Å². The molecule has 0 aliphatic carbocycles. The highest BCUT2D eigenvalue weighted by molar-refractivity contribution is 6.42. The fourth-order valence-corrected chi connectivity index (χ4v) is 2.28. The smallest absolute Gasteiger partial charge is 0.291 e. The van der Waals surface area contributed by atoms with E-state index in [9.17, 15) is 4.79 Å². The van der Waals surface area contributed by atoms with Crippen LogP contribution in [0.1, 0.15) is 10.6 Å². The summed E-state index contributed by atoms with van der Waals surface area (Å²) >= 11 is 11.9. The lowest BCUT2D eigenvalue weighted by Gasteiger charge is -2.09. The van der Waals surface area contributed by atoms with Gasteiger partial charge in [-0.1, -0.05) is 23.2 Å². The topological polar surface area (TPSA) is 54.3 Å². The van der Waals surface area contributed by atoms with Crippen molar-refractivity contribution in [2.45, 2.75) is 0 Å². The first kappa shape index (κ1) is 15.5. The lowest BCUT2D eigenvalue weighted by molar-refractivity contribution is 0.0996. The lowest BCUT2D eigenvalue weighted by atomic mass is 10.2. The van der Waals surface area contributed by atoms with Gasteiger partial charge in [-0.25, -0.2) is 0 Å². The molecule has 3 rings (SSSR count). The number of carbonyl (C=O) groups is 1. The zero-order valence-corrected chi connectivity index (χ0v) is 13.4. The molecular weight excluding hydrogens is 335 g/mol. The minimum absolute atomic E-state index is 0.267. The molecule has 0 radical (unpaired) electrons. The van der Waals surface area contributed by atoms with Gasteiger partial charge in [0, 0.05) is 17.1 Å². The molecule has 0 spiro atoms. The Morgan fingerprint density at radius 3 is 2.22 bits per heavy atom. The van der Waals surface area contributed by atoms with E-state index in [0.29, 0.717) is 15.7 Å². The van der Waals surface area contributed by atoms with E-state index in [-0.39, 0.29) is 11.7 Å². The number of nitrogens with one attached hydrogen (secondary N) is 2. The van der Waals surface area contributed by atoms with Crippen LogP contribution in [0.25, 0.3) is 0 Å². The van der Waals surface area contributed by atoms with Crippen LogP contribution in [0.3, 0.4) is 0 Å². The molecule has 1 aromatic heterocycles. The van der Waals surface area contributed by atoms with Crippen molar-refractivity contribution < 1.29 is 9.21 Å². The van der Waals surface area contributed by atoms with Crippen LogP contribution in [0, 0.1) is 0 Å². The molecule has 0 saturated carbocycles. The number of anilines is 3. The summed E-state index contributed by atoms with van der Waals surface area (Å²) in [5, 5.41) is 6.95. The molecule has 2 aromatic carbocycles. The molecule has 0 aliphatic heterocycles. The summed E-state index contributed by atoms with van der Waals surface area (Å²) < 4.78 is 5.04. The van der Waals surface area contributed by atoms with Gasteiger partial charge in [0.15, 0.2) is 5.76 Å². The van der Waals surface area contributed by atoms with E-state index < -0.39 is 0 Å². The van der Waals surface area contributed by atoms with Gasteiger partial charge >= 0.3 is 0 Å². The molecule has 0 bridgehead atoms. The quantitative estimate of drug-likeness (QED) is 0.648. The standard InChI is InChI=1S/C17H12Cl2N2O2/c18-14-8-7-13(10-15(14)19)20-11-3-5-12(6-4-11)21-17(22)16-2-1-9-23-16/h1-10,20H,(H,21,22). The van der Waals surface area contributed by atoms with Crippen LogP contribution in [0.5, 0.6) is 0 Å². The number of hydrogen-bond donors (Lipinski definition) is 2. The van der Waals surface area contributed by atoms with Crippen LogP contribution in [0.2, 0.25) is 10.0 Å². The van der Waals surface area contributed by atoms with Crippen molar-refractivity contribution in [2.75, 3.05) is 10.6 Å². The van der Waals surface area contributed by atoms with E-state index >= 15 is 0 Å². The minimum Gasteiger partial charge on any atom is -0.459 e. The predicted molar refractivity (Wildman–Crippen MR) is 92.8 cm³/mol. The second-order valence-corrected chi connectivity index (χ2v) is 5.58. The van der Waals surface area contributed by atoms with E-state index in [1.807, 2.05) is 18.2 Å². The van der Waals surface area contributed by atoms with Gasteiger partial charge in [0.1, 0.15) is 0 Å². The molecule has 0 fully saturated rings. The number of furan rings is 1. The minimum atomic E-state index is -0.291. The number of carbonyl (C=O) groups excluding carboxylic acids is 1. The number of benzene rings is 2. The average molecular weight is 347 g/mol. The molecule has 3 aromatic rings. The molecule has 116 valence electrons. The Labute approximate surface area is 143 Å². The summed E-state index contributed by atoms with van der Waals surface area (Å²) in [6.07, 6.45) is 1.46. The van der Waals surface area contributed by atoms with E-state index in [2.05, 4.69) is 10.6 Å². The van der Waals surface area contributed by atoms with Crippen LogP contribution < -0.4 is 10.6 Å². The molecule has 4 nitrogen and oxygen atoms in total. The molecule has 0 aliphatic rings. The monoisotopic (exact) mass is 346 g/mol. The Morgan fingerprint density at radius 2 is 1.57 bits per heavy atom. The zero-order valence-electron chi connectivity index (χ0n) is 11.8. The van der Waals surface area contributed by atoms with Crippen molar-refractivity contribution in [2.24, 2.45) is 0 Å². The summed E-state index contributed by atoms with van der Waals surface area (Å²) in [7, 11) is 0. The van der Waals surface area contributed by atoms with Gasteiger partial charge < -0.3 is 15.1 Å². The fraction of sp³-hybridized carbons (Fsp3) is 0. The van der Waals surface area contributed by atoms with Crippen molar-refractivity contribution in [3.05, 3.63) is 76.7 Å². The van der Waals surface area contributed by atoms with Crippen LogP contribution in [-0.4, -0.2) is 5.91 Å². The number of halogens is 2. The lowest BCUT2D eigenvalue weighted by Crippen LogP contribution is -2.10. The van der Waals surface area contributed by atoms with E-state index in [4.69, 9.17) is 27.6 Å². The Morgan fingerprint density at radius 1 is 0.870 bits per heavy atom. The number of rotatable bonds is 4. The van der Waals surface area contributed by atoms with Crippen LogP contribution >= 0.6 is 23.2 Å². The van der Waals surface area contributed by atoms with Crippen molar-refractivity contribution in [3.8, 4) is 0 Å². The van der Waals surface area contributed by atoms with Crippen LogP contribution in [0.15, 0.2) is 65.3 Å². The van der Waals surface area contributed by atoms with Gasteiger partial charge in [-0.3, -0.25) is 4.79 Å². The molecule has 0 unspecified atom stereocenters. The molecule has 1 heterocycles. The van der Waals surface area contributed by atoms with Crippen molar-refractivity contribution in [1.29, 1.82) is 0 Å². The maximum Gasteiger partial charge on any atom is 0.291 e. The SMILES string of the molecule is O=C(Nc1ccc(Nc2ccc(Cl)c(Cl)c2)cc1)c1ccco1. The summed E-state index contributed by atoms with van der Waals surface area (Å²) in [4.78, 5) is 11.9. The Kier molecular flexibility index (Phi) is 4.55. The number of hydrogen-bond acceptors (Lipinski definition) is 3. The third-order valence-electron chi connectivity index (χ3n) is 3.10. The predicted octanol–water partition coefficient (Wildman–Crippen LogP) is 5.58. The van der Waals surface area contributed by atoms with E-state index in [0.717, 1.165) is 11.4 Å². The van der Waals surface area contributed by atoms with Crippen LogP contribution in [-0.2, 0) is 0 Å². The van der Waals surface area contributed by atoms with Crippen LogP contribution in [0.4, 0.5) is 17.1 Å². The molecule has 6 heteroatoms. The third kappa shape index (κ3) is 3.86. The summed E-state index contributed by atoms with van der Waals surface area (Å²) in [5.74, 6) is -0.0248. The zero-order chi connectivity index (χ0) is 16.2. The third-order valence-corrected chi connectivity index (χ3v) is 3.84. The van der Waals surface area contributed by atoms with Gasteiger partial charge in [0.2, 0.25) is 0 Å². The van der Waals surface area contributed by atoms with Crippen molar-refractivity contribution in [1.82, 2.24) is 0 Å². The van der Waals surface area contributed by atoms with E-state index in [1.54, 1.807) is 36.4 Å². The van der Waals surface area contributed by atoms with E-state index in [1.165, 1.54) is 6.26 Å². The summed E-state index contributed by atoms with van der Waals surface area (Å²) in [5.41, 5.74) is 2.36. The molecule has 2 N–H and O–H groups in total. The highest BCUT2D eigenvalue weighted by atomic mass is 35.5. The molecule has 1 amide bonds. The van der Waals surface area contributed by atoms with Gasteiger partial charge in [-0.05, 0) is 54.6 Å². The number of amides is 1. The first-order valence-corrected chi connectivity index (χ1v) is 7.54. The highest BCUT2D eigenvalue weighted by Gasteiger charge is 2.08. The maximum absolute atomic E-state index is 11.9. The maximum atomic E-state index is 11.9. The Hall–Kier alpha value is -2.43. The summed E-state index contributed by atoms with van der Waals surface area (Å²) in [6.45, 7) is 0. The van der Waals surface area contributed by atoms with Crippen molar-refractivity contribution >= 4 is 46.2 Å². The van der Waals surface area contributed by atoms with Gasteiger partial charge in [-0.15, -0.1) is 0 Å². The molecular formula is C17H12Cl2N2O2. The first-order chi connectivity index (χ1) is 11.1. The first-order valence-electron chi connectivity index (χ1n) is 6.79. The molecule has 0 saturated heterocycles. The Balaban J connectivity index is 1.67. The van der Waals surface area contributed by atoms with Gasteiger partial charge in [0.25, 0.3) is 5.91 Å². The van der Waals surface area contributed by atoms with Gasteiger partial charge in [0.05, 0.1) is 16.3 Å². The second-order valence-electron chi connectivity index (χ2n) is 4.76. The second kappa shape index (κ2) is 6.77. The fourth-order valence-electron chi connectivity index (χ4n) is 1.98. The Bertz CT molecular complexity index is 815. The molecule has 23 heavy (non-hydrogen) atoms. The molecule has 0 atom stereocenters. The summed E-state index contributed by atoms with van der Waals surface area (Å²) in [6, 6.07) is 15.9. The highest BCUT2D eigenvalue weighted by Crippen LogP contribution is 2.27. The normalized spacial score (nSPS) is 10.3. The van der Waals surface area contributed by atoms with Gasteiger partial charge in [-0.2, -0.15) is 0 Å².